The highest BCUT2D eigenvalue weighted by Crippen LogP contribution is 2.16. The summed E-state index contributed by atoms with van der Waals surface area (Å²) >= 11 is 5.11. The van der Waals surface area contributed by atoms with Gasteiger partial charge in [-0.25, -0.2) is 0 Å². The van der Waals surface area contributed by atoms with Gasteiger partial charge in [-0.15, -0.1) is 11.8 Å². The molecule has 3 nitrogen and oxygen atoms in total. The summed E-state index contributed by atoms with van der Waals surface area (Å²) in [5.74, 6) is 0.0665. The zero-order chi connectivity index (χ0) is 15.9. The Bertz CT molecular complexity index is 614. The molecular formula is C17H19BrN2OS. The van der Waals surface area contributed by atoms with Crippen molar-refractivity contribution in [1.82, 2.24) is 4.90 Å². The summed E-state index contributed by atoms with van der Waals surface area (Å²) in [5, 5.41) is 3.14. The number of thioether (sulfide) groups is 1. The third kappa shape index (κ3) is 5.07. The number of halogens is 1. The molecule has 2 aromatic rings. The molecule has 0 saturated carbocycles. The van der Waals surface area contributed by atoms with Crippen molar-refractivity contribution >= 4 is 39.3 Å². The third-order valence-corrected chi connectivity index (χ3v) is 4.56. The highest BCUT2D eigenvalue weighted by Gasteiger charge is 2.09. The summed E-state index contributed by atoms with van der Waals surface area (Å²) in [6.07, 6.45) is 2.05. The Hall–Kier alpha value is -1.46. The van der Waals surface area contributed by atoms with Crippen molar-refractivity contribution in [3.05, 3.63) is 58.6 Å². The molecule has 0 aliphatic heterocycles. The number of amides is 1. The normalized spacial score (nSPS) is 10.3. The minimum absolute atomic E-state index is 0.0665. The van der Waals surface area contributed by atoms with Crippen molar-refractivity contribution in [3.63, 3.8) is 0 Å². The fourth-order valence-electron chi connectivity index (χ4n) is 1.97. The topological polar surface area (TPSA) is 32.3 Å². The van der Waals surface area contributed by atoms with Crippen LogP contribution in [0.5, 0.6) is 0 Å². The first-order valence-corrected chi connectivity index (χ1v) is 8.96. The fourth-order valence-corrected chi connectivity index (χ4v) is 2.65. The Morgan fingerprint density at radius 1 is 1.14 bits per heavy atom. The van der Waals surface area contributed by atoms with Gasteiger partial charge in [-0.1, -0.05) is 28.1 Å². The van der Waals surface area contributed by atoms with E-state index in [-0.39, 0.29) is 5.91 Å². The second-order valence-electron chi connectivity index (χ2n) is 4.96. The second kappa shape index (κ2) is 8.25. The van der Waals surface area contributed by atoms with Gasteiger partial charge < -0.3 is 10.2 Å². The van der Waals surface area contributed by atoms with E-state index < -0.39 is 0 Å². The van der Waals surface area contributed by atoms with Gasteiger partial charge in [0.1, 0.15) is 0 Å². The van der Waals surface area contributed by atoms with E-state index in [1.165, 1.54) is 4.90 Å². The predicted molar refractivity (Wildman–Crippen MR) is 97.3 cm³/mol. The molecule has 0 aliphatic carbocycles. The van der Waals surface area contributed by atoms with E-state index in [1.807, 2.05) is 31.3 Å². The molecule has 22 heavy (non-hydrogen) atoms. The molecule has 0 aromatic heterocycles. The number of hydrogen-bond acceptors (Lipinski definition) is 3. The van der Waals surface area contributed by atoms with E-state index in [0.29, 0.717) is 13.1 Å². The molecule has 0 spiro atoms. The molecule has 5 heteroatoms. The largest absolute Gasteiger partial charge is 0.376 e. The lowest BCUT2D eigenvalue weighted by atomic mass is 10.2. The average molecular weight is 379 g/mol. The maximum Gasteiger partial charge on any atom is 0.241 e. The summed E-state index contributed by atoms with van der Waals surface area (Å²) in [7, 11) is 1.83. The van der Waals surface area contributed by atoms with E-state index >= 15 is 0 Å². The number of hydrogen-bond donors (Lipinski definition) is 1. The number of nitrogens with zero attached hydrogens (tertiary/aromatic N) is 1. The molecular weight excluding hydrogens is 360 g/mol. The van der Waals surface area contributed by atoms with Gasteiger partial charge in [0.2, 0.25) is 5.91 Å². The molecule has 116 valence electrons. The molecule has 2 aromatic carbocycles. The molecule has 0 saturated heterocycles. The number of benzene rings is 2. The van der Waals surface area contributed by atoms with E-state index in [2.05, 4.69) is 51.8 Å². The maximum atomic E-state index is 12.2. The summed E-state index contributed by atoms with van der Waals surface area (Å²) in [6, 6.07) is 16.1. The summed E-state index contributed by atoms with van der Waals surface area (Å²) in [6.45, 7) is 0.913. The molecule has 1 amide bonds. The van der Waals surface area contributed by atoms with Crippen molar-refractivity contribution in [2.75, 3.05) is 25.2 Å². The quantitative estimate of drug-likeness (QED) is 0.762. The average Bonchev–Trinajstić information content (AvgIpc) is 2.54. The molecule has 0 bridgehead atoms. The first kappa shape index (κ1) is 16.9. The van der Waals surface area contributed by atoms with E-state index in [4.69, 9.17) is 0 Å². The lowest BCUT2D eigenvalue weighted by Crippen LogP contribution is -2.31. The zero-order valence-corrected chi connectivity index (χ0v) is 15.1. The molecule has 0 unspecified atom stereocenters. The molecule has 0 radical (unpaired) electrons. The Balaban J connectivity index is 1.84. The maximum absolute atomic E-state index is 12.2. The number of carbonyl (C=O) groups excluding carboxylic acids is 1. The first-order chi connectivity index (χ1) is 10.6. The number of rotatable bonds is 6. The van der Waals surface area contributed by atoms with Gasteiger partial charge in [0.05, 0.1) is 6.54 Å². The molecule has 0 aliphatic rings. The molecule has 2 rings (SSSR count). The number of carbonyl (C=O) groups is 1. The Labute approximate surface area is 144 Å². The van der Waals surface area contributed by atoms with Crippen LogP contribution in [-0.4, -0.2) is 30.7 Å². The SMILES string of the molecule is CSc1ccc(CN(C)C(=O)CNc2ccc(Br)cc2)cc1. The van der Waals surface area contributed by atoms with E-state index in [0.717, 1.165) is 15.7 Å². The van der Waals surface area contributed by atoms with Gasteiger partial charge in [0, 0.05) is 28.6 Å². The van der Waals surface area contributed by atoms with E-state index in [9.17, 15) is 4.79 Å². The van der Waals surface area contributed by atoms with Crippen LogP contribution >= 0.6 is 27.7 Å². The zero-order valence-electron chi connectivity index (χ0n) is 12.7. The first-order valence-electron chi connectivity index (χ1n) is 6.95. The van der Waals surface area contributed by atoms with Gasteiger partial charge in [-0.3, -0.25) is 4.79 Å². The smallest absolute Gasteiger partial charge is 0.241 e. The Kier molecular flexibility index (Phi) is 6.34. The van der Waals surface area contributed by atoms with Gasteiger partial charge in [-0.05, 0) is 48.2 Å². The molecule has 1 N–H and O–H groups in total. The standard InChI is InChI=1S/C17H19BrN2OS/c1-20(12-13-3-9-16(22-2)10-4-13)17(21)11-19-15-7-5-14(18)6-8-15/h3-10,19H,11-12H2,1-2H3. The number of nitrogens with one attached hydrogen (secondary N) is 1. The number of anilines is 1. The Morgan fingerprint density at radius 3 is 2.36 bits per heavy atom. The van der Waals surface area contributed by atoms with Crippen molar-refractivity contribution < 1.29 is 4.79 Å². The minimum Gasteiger partial charge on any atom is -0.376 e. The fraction of sp³-hybridized carbons (Fsp3) is 0.235. The van der Waals surface area contributed by atoms with Gasteiger partial charge in [0.25, 0.3) is 0 Å². The van der Waals surface area contributed by atoms with Gasteiger partial charge in [-0.2, -0.15) is 0 Å². The van der Waals surface area contributed by atoms with Crippen LogP contribution in [0.1, 0.15) is 5.56 Å². The van der Waals surface area contributed by atoms with Crippen LogP contribution in [0.3, 0.4) is 0 Å². The predicted octanol–water partition coefficient (Wildman–Crippen LogP) is 4.24. The van der Waals surface area contributed by atoms with E-state index in [1.54, 1.807) is 16.7 Å². The monoisotopic (exact) mass is 378 g/mol. The van der Waals surface area contributed by atoms with Crippen molar-refractivity contribution in [1.29, 1.82) is 0 Å². The lowest BCUT2D eigenvalue weighted by molar-refractivity contribution is -0.128. The van der Waals surface area contributed by atoms with Crippen LogP contribution in [0.4, 0.5) is 5.69 Å². The summed E-state index contributed by atoms with van der Waals surface area (Å²) in [5.41, 5.74) is 2.08. The molecule has 0 atom stereocenters. The molecule has 0 heterocycles. The van der Waals surface area contributed by atoms with Crippen LogP contribution in [0.25, 0.3) is 0 Å². The van der Waals surface area contributed by atoms with Crippen LogP contribution in [0, 0.1) is 0 Å². The van der Waals surface area contributed by atoms with Crippen LogP contribution in [0.2, 0.25) is 0 Å². The summed E-state index contributed by atoms with van der Waals surface area (Å²) < 4.78 is 1.02. The van der Waals surface area contributed by atoms with Crippen LogP contribution < -0.4 is 5.32 Å². The second-order valence-corrected chi connectivity index (χ2v) is 6.75. The minimum atomic E-state index is 0.0665. The lowest BCUT2D eigenvalue weighted by Gasteiger charge is -2.18. The van der Waals surface area contributed by atoms with Crippen molar-refractivity contribution in [2.45, 2.75) is 11.4 Å². The Morgan fingerprint density at radius 2 is 1.77 bits per heavy atom. The van der Waals surface area contributed by atoms with Crippen LogP contribution in [-0.2, 0) is 11.3 Å². The molecule has 0 fully saturated rings. The van der Waals surface area contributed by atoms with Crippen LogP contribution in [0.15, 0.2) is 57.9 Å². The summed E-state index contributed by atoms with van der Waals surface area (Å²) in [4.78, 5) is 15.1. The number of likely N-dealkylation sites (N-methyl/N-ethyl adjacent to an activating group) is 1. The highest BCUT2D eigenvalue weighted by atomic mass is 79.9. The van der Waals surface area contributed by atoms with Crippen molar-refractivity contribution in [3.8, 4) is 0 Å². The highest BCUT2D eigenvalue weighted by molar-refractivity contribution is 9.10. The van der Waals surface area contributed by atoms with Crippen molar-refractivity contribution in [2.24, 2.45) is 0 Å². The van der Waals surface area contributed by atoms with Gasteiger partial charge in [0.15, 0.2) is 0 Å². The third-order valence-electron chi connectivity index (χ3n) is 3.29. The van der Waals surface area contributed by atoms with Gasteiger partial charge >= 0.3 is 0 Å².